The fourth-order valence-electron chi connectivity index (χ4n) is 1.54. The average molecular weight is 287 g/mol. The molecule has 1 amide bonds. The number of carbonyl (C=O) groups is 1. The van der Waals surface area contributed by atoms with Crippen LogP contribution in [0.15, 0.2) is 12.1 Å². The molecule has 5 nitrogen and oxygen atoms in total. The Kier molecular flexibility index (Phi) is 5.92. The number of methoxy groups -OCH3 is 2. The third-order valence-electron chi connectivity index (χ3n) is 2.72. The first kappa shape index (κ1) is 15.6. The van der Waals surface area contributed by atoms with Crippen LogP contribution in [0, 0.1) is 0 Å². The molecule has 0 spiro atoms. The first-order chi connectivity index (χ1) is 9.01. The number of hydrogen-bond donors (Lipinski definition) is 2. The lowest BCUT2D eigenvalue weighted by Gasteiger charge is -2.14. The molecule has 0 fully saturated rings. The van der Waals surface area contributed by atoms with Crippen molar-refractivity contribution in [2.45, 2.75) is 25.8 Å². The number of rotatable bonds is 6. The monoisotopic (exact) mass is 286 g/mol. The highest BCUT2D eigenvalue weighted by molar-refractivity contribution is 6.32. The van der Waals surface area contributed by atoms with Gasteiger partial charge < -0.3 is 20.5 Å². The molecule has 0 aromatic heterocycles. The summed E-state index contributed by atoms with van der Waals surface area (Å²) in [6, 6.07) is 3.06. The van der Waals surface area contributed by atoms with Gasteiger partial charge in [0.15, 0.2) is 0 Å². The van der Waals surface area contributed by atoms with E-state index >= 15 is 0 Å². The molecule has 1 aromatic carbocycles. The Bertz CT molecular complexity index is 452. The fraction of sp³-hybridized carbons (Fsp3) is 0.462. The molecular formula is C13H19ClN2O3. The van der Waals surface area contributed by atoms with Gasteiger partial charge in [0.1, 0.15) is 11.5 Å². The van der Waals surface area contributed by atoms with E-state index in [4.69, 9.17) is 26.8 Å². The van der Waals surface area contributed by atoms with Gasteiger partial charge >= 0.3 is 0 Å². The number of nitrogens with two attached hydrogens (primary N) is 1. The van der Waals surface area contributed by atoms with Crippen molar-refractivity contribution >= 4 is 23.2 Å². The van der Waals surface area contributed by atoms with E-state index in [9.17, 15) is 4.79 Å². The van der Waals surface area contributed by atoms with Crippen LogP contribution in [0.2, 0.25) is 5.02 Å². The lowest BCUT2D eigenvalue weighted by molar-refractivity contribution is -0.116. The lowest BCUT2D eigenvalue weighted by atomic mass is 10.1. The molecule has 3 N–H and O–H groups in total. The van der Waals surface area contributed by atoms with Crippen LogP contribution in [0.4, 0.5) is 5.69 Å². The lowest BCUT2D eigenvalue weighted by Crippen LogP contribution is -2.26. The van der Waals surface area contributed by atoms with Gasteiger partial charge in [0.05, 0.1) is 24.9 Å². The van der Waals surface area contributed by atoms with E-state index in [1.807, 2.05) is 6.92 Å². The van der Waals surface area contributed by atoms with Crippen molar-refractivity contribution in [3.8, 4) is 11.5 Å². The van der Waals surface area contributed by atoms with Crippen LogP contribution in [-0.2, 0) is 4.79 Å². The standard InChI is InChI=1S/C13H19ClN2O3/c1-4-8(15)5-13(17)16-10-6-9(14)11(18-2)7-12(10)19-3/h6-8H,4-5,15H2,1-3H3,(H,16,17). The second kappa shape index (κ2) is 7.21. The Morgan fingerprint density at radius 3 is 2.53 bits per heavy atom. The molecular weight excluding hydrogens is 268 g/mol. The maximum atomic E-state index is 11.8. The van der Waals surface area contributed by atoms with Crippen molar-refractivity contribution in [2.75, 3.05) is 19.5 Å². The first-order valence-electron chi connectivity index (χ1n) is 5.98. The normalized spacial score (nSPS) is 11.8. The van der Waals surface area contributed by atoms with Gasteiger partial charge in [-0.15, -0.1) is 0 Å². The zero-order valence-corrected chi connectivity index (χ0v) is 12.1. The van der Waals surface area contributed by atoms with Crippen molar-refractivity contribution < 1.29 is 14.3 Å². The van der Waals surface area contributed by atoms with Crippen LogP contribution in [0.5, 0.6) is 11.5 Å². The zero-order valence-electron chi connectivity index (χ0n) is 11.3. The van der Waals surface area contributed by atoms with Gasteiger partial charge in [-0.2, -0.15) is 0 Å². The minimum Gasteiger partial charge on any atom is -0.495 e. The molecule has 1 aromatic rings. The van der Waals surface area contributed by atoms with Crippen molar-refractivity contribution in [3.05, 3.63) is 17.2 Å². The second-order valence-electron chi connectivity index (χ2n) is 4.11. The quantitative estimate of drug-likeness (QED) is 0.842. The number of ether oxygens (including phenoxy) is 2. The van der Waals surface area contributed by atoms with E-state index in [2.05, 4.69) is 5.32 Å². The molecule has 1 unspecified atom stereocenters. The highest BCUT2D eigenvalue weighted by Crippen LogP contribution is 2.35. The molecule has 0 heterocycles. The summed E-state index contributed by atoms with van der Waals surface area (Å²) in [6.07, 6.45) is 0.997. The summed E-state index contributed by atoms with van der Waals surface area (Å²) in [5.41, 5.74) is 6.24. The molecule has 0 aliphatic carbocycles. The third-order valence-corrected chi connectivity index (χ3v) is 3.02. The summed E-state index contributed by atoms with van der Waals surface area (Å²) in [6.45, 7) is 1.93. The van der Waals surface area contributed by atoms with E-state index in [1.54, 1.807) is 12.1 Å². The molecule has 19 heavy (non-hydrogen) atoms. The molecule has 106 valence electrons. The highest BCUT2D eigenvalue weighted by atomic mass is 35.5. The Labute approximate surface area is 118 Å². The molecule has 0 radical (unpaired) electrons. The summed E-state index contributed by atoms with van der Waals surface area (Å²) in [5.74, 6) is 0.801. The van der Waals surface area contributed by atoms with Gasteiger partial charge in [0, 0.05) is 18.5 Å². The van der Waals surface area contributed by atoms with Crippen LogP contribution < -0.4 is 20.5 Å². The maximum absolute atomic E-state index is 11.8. The fourth-order valence-corrected chi connectivity index (χ4v) is 1.78. The Morgan fingerprint density at radius 1 is 1.37 bits per heavy atom. The van der Waals surface area contributed by atoms with Gasteiger partial charge in [0.2, 0.25) is 5.91 Å². The predicted octanol–water partition coefficient (Wildman–Crippen LogP) is 2.42. The number of benzene rings is 1. The number of halogens is 1. The van der Waals surface area contributed by atoms with E-state index in [0.717, 1.165) is 6.42 Å². The van der Waals surface area contributed by atoms with E-state index in [-0.39, 0.29) is 18.4 Å². The van der Waals surface area contributed by atoms with Crippen LogP contribution >= 0.6 is 11.6 Å². The molecule has 0 saturated heterocycles. The van der Waals surface area contributed by atoms with Crippen molar-refractivity contribution in [1.82, 2.24) is 0 Å². The molecule has 1 rings (SSSR count). The van der Waals surface area contributed by atoms with E-state index in [1.165, 1.54) is 14.2 Å². The Morgan fingerprint density at radius 2 is 2.00 bits per heavy atom. The Balaban J connectivity index is 2.88. The number of nitrogens with one attached hydrogen (secondary N) is 1. The number of anilines is 1. The van der Waals surface area contributed by atoms with Crippen molar-refractivity contribution in [2.24, 2.45) is 5.73 Å². The number of hydrogen-bond acceptors (Lipinski definition) is 4. The van der Waals surface area contributed by atoms with Crippen LogP contribution in [0.25, 0.3) is 0 Å². The molecule has 0 aliphatic rings. The van der Waals surface area contributed by atoms with Crippen LogP contribution in [0.3, 0.4) is 0 Å². The van der Waals surface area contributed by atoms with Gasteiger partial charge in [-0.25, -0.2) is 0 Å². The molecule has 0 aliphatic heterocycles. The minimum absolute atomic E-state index is 0.153. The topological polar surface area (TPSA) is 73.6 Å². The summed E-state index contributed by atoms with van der Waals surface area (Å²) >= 11 is 6.02. The number of carbonyl (C=O) groups excluding carboxylic acids is 1. The largest absolute Gasteiger partial charge is 0.495 e. The summed E-state index contributed by atoms with van der Waals surface area (Å²) in [5, 5.41) is 3.14. The summed E-state index contributed by atoms with van der Waals surface area (Å²) < 4.78 is 10.3. The molecule has 1 atom stereocenters. The third kappa shape index (κ3) is 4.29. The molecule has 0 saturated carbocycles. The summed E-state index contributed by atoms with van der Waals surface area (Å²) in [4.78, 5) is 11.8. The summed E-state index contributed by atoms with van der Waals surface area (Å²) in [7, 11) is 3.02. The van der Waals surface area contributed by atoms with Gasteiger partial charge in [-0.1, -0.05) is 18.5 Å². The number of amides is 1. The van der Waals surface area contributed by atoms with Crippen LogP contribution in [0.1, 0.15) is 19.8 Å². The van der Waals surface area contributed by atoms with Gasteiger partial charge in [-0.05, 0) is 12.5 Å². The predicted molar refractivity (Wildman–Crippen MR) is 76.1 cm³/mol. The smallest absolute Gasteiger partial charge is 0.226 e. The SMILES string of the molecule is CCC(N)CC(=O)Nc1cc(Cl)c(OC)cc1OC. The van der Waals surface area contributed by atoms with Crippen LogP contribution in [-0.4, -0.2) is 26.2 Å². The molecule has 6 heteroatoms. The average Bonchev–Trinajstić information content (AvgIpc) is 2.38. The first-order valence-corrected chi connectivity index (χ1v) is 6.36. The Hall–Kier alpha value is -1.46. The van der Waals surface area contributed by atoms with E-state index in [0.29, 0.717) is 22.2 Å². The van der Waals surface area contributed by atoms with E-state index < -0.39 is 0 Å². The minimum atomic E-state index is -0.172. The van der Waals surface area contributed by atoms with Crippen molar-refractivity contribution in [1.29, 1.82) is 0 Å². The molecule has 0 bridgehead atoms. The zero-order chi connectivity index (χ0) is 14.4. The van der Waals surface area contributed by atoms with Gasteiger partial charge in [-0.3, -0.25) is 4.79 Å². The maximum Gasteiger partial charge on any atom is 0.226 e. The van der Waals surface area contributed by atoms with Crippen molar-refractivity contribution in [3.63, 3.8) is 0 Å². The highest BCUT2D eigenvalue weighted by Gasteiger charge is 2.14. The van der Waals surface area contributed by atoms with Gasteiger partial charge in [0.25, 0.3) is 0 Å². The second-order valence-corrected chi connectivity index (χ2v) is 4.51.